The largest absolute Gasteiger partial charge is 0.355 e. The van der Waals surface area contributed by atoms with Crippen molar-refractivity contribution in [1.82, 2.24) is 5.32 Å². The van der Waals surface area contributed by atoms with Gasteiger partial charge < -0.3 is 5.32 Å². The first-order chi connectivity index (χ1) is 5.42. The maximum Gasteiger partial charge on any atom is 0.216 e. The highest BCUT2D eigenvalue weighted by Gasteiger charge is 2.27. The fourth-order valence-electron chi connectivity index (χ4n) is 0.818. The van der Waals surface area contributed by atoms with Crippen LogP contribution in [0.3, 0.4) is 0 Å². The van der Waals surface area contributed by atoms with Crippen LogP contribution in [0.15, 0.2) is 0 Å². The van der Waals surface area contributed by atoms with E-state index in [2.05, 4.69) is 5.32 Å². The van der Waals surface area contributed by atoms with E-state index in [1.807, 2.05) is 13.8 Å². The summed E-state index contributed by atoms with van der Waals surface area (Å²) in [5.74, 6) is 0.0367. The zero-order valence-electron chi connectivity index (χ0n) is 8.23. The Bertz CT molecular complexity index is 189. The molecule has 0 rings (SSSR count). The van der Waals surface area contributed by atoms with Crippen molar-refractivity contribution in [3.05, 3.63) is 0 Å². The Hall–Kier alpha value is -0.860. The maximum absolute atomic E-state index is 11.2. The summed E-state index contributed by atoms with van der Waals surface area (Å²) in [6, 6.07) is 0. The van der Waals surface area contributed by atoms with Gasteiger partial charge in [0.2, 0.25) is 5.91 Å². The molecule has 0 heterocycles. The van der Waals surface area contributed by atoms with Gasteiger partial charge in [-0.2, -0.15) is 0 Å². The number of carbonyl (C=O) groups is 2. The van der Waals surface area contributed by atoms with Crippen LogP contribution in [0, 0.1) is 5.41 Å². The summed E-state index contributed by atoms with van der Waals surface area (Å²) in [5, 5.41) is 2.66. The van der Waals surface area contributed by atoms with Gasteiger partial charge in [-0.05, 0) is 13.3 Å². The summed E-state index contributed by atoms with van der Waals surface area (Å²) >= 11 is 0. The fraction of sp³-hybridized carbons (Fsp3) is 0.778. The van der Waals surface area contributed by atoms with Crippen molar-refractivity contribution in [3.63, 3.8) is 0 Å². The van der Waals surface area contributed by atoms with Gasteiger partial charge in [-0.25, -0.2) is 0 Å². The molecule has 0 bridgehead atoms. The summed E-state index contributed by atoms with van der Waals surface area (Å²) in [5.41, 5.74) is -0.397. The summed E-state index contributed by atoms with van der Waals surface area (Å²) in [4.78, 5) is 21.8. The SMILES string of the molecule is CCC(C)(CNC(C)=O)C(C)=O. The molecule has 0 aromatic heterocycles. The van der Waals surface area contributed by atoms with Gasteiger partial charge in [-0.15, -0.1) is 0 Å². The molecule has 1 atom stereocenters. The molecule has 0 aromatic carbocycles. The molecular weight excluding hydrogens is 154 g/mol. The van der Waals surface area contributed by atoms with Crippen molar-refractivity contribution in [3.8, 4) is 0 Å². The first kappa shape index (κ1) is 11.1. The Morgan fingerprint density at radius 3 is 2.08 bits per heavy atom. The standard InChI is InChI=1S/C9H17NO2/c1-5-9(4,7(2)11)6-10-8(3)12/h5-6H2,1-4H3,(H,10,12). The molecule has 0 radical (unpaired) electrons. The van der Waals surface area contributed by atoms with Gasteiger partial charge in [-0.3, -0.25) is 9.59 Å². The van der Waals surface area contributed by atoms with Gasteiger partial charge in [-0.1, -0.05) is 13.8 Å². The van der Waals surface area contributed by atoms with E-state index in [1.165, 1.54) is 6.92 Å². The van der Waals surface area contributed by atoms with Crippen LogP contribution in [0.2, 0.25) is 0 Å². The predicted molar refractivity (Wildman–Crippen MR) is 47.8 cm³/mol. The highest BCUT2D eigenvalue weighted by atomic mass is 16.1. The summed E-state index contributed by atoms with van der Waals surface area (Å²) in [6.45, 7) is 7.27. The second-order valence-corrected chi connectivity index (χ2v) is 3.38. The smallest absolute Gasteiger partial charge is 0.216 e. The van der Waals surface area contributed by atoms with Crippen molar-refractivity contribution >= 4 is 11.7 Å². The van der Waals surface area contributed by atoms with Crippen molar-refractivity contribution in [1.29, 1.82) is 0 Å². The molecule has 0 aromatic rings. The molecule has 0 aliphatic heterocycles. The number of nitrogens with one attached hydrogen (secondary N) is 1. The number of rotatable bonds is 4. The average Bonchev–Trinajstić information content (AvgIpc) is 1.99. The fourth-order valence-corrected chi connectivity index (χ4v) is 0.818. The quantitative estimate of drug-likeness (QED) is 0.689. The van der Waals surface area contributed by atoms with Gasteiger partial charge >= 0.3 is 0 Å². The lowest BCUT2D eigenvalue weighted by atomic mass is 9.83. The minimum absolute atomic E-state index is 0.0871. The van der Waals surface area contributed by atoms with E-state index in [0.717, 1.165) is 6.42 Å². The molecule has 0 fully saturated rings. The monoisotopic (exact) mass is 171 g/mol. The Morgan fingerprint density at radius 1 is 1.33 bits per heavy atom. The summed E-state index contributed by atoms with van der Waals surface area (Å²) < 4.78 is 0. The minimum Gasteiger partial charge on any atom is -0.355 e. The molecule has 0 aliphatic rings. The minimum atomic E-state index is -0.397. The van der Waals surface area contributed by atoms with Crippen molar-refractivity contribution < 1.29 is 9.59 Å². The van der Waals surface area contributed by atoms with Crippen LogP contribution in [-0.4, -0.2) is 18.2 Å². The molecule has 0 aliphatic carbocycles. The van der Waals surface area contributed by atoms with Crippen LogP contribution >= 0.6 is 0 Å². The van der Waals surface area contributed by atoms with Crippen LogP contribution in [0.1, 0.15) is 34.1 Å². The number of ketones is 1. The molecule has 12 heavy (non-hydrogen) atoms. The van der Waals surface area contributed by atoms with E-state index < -0.39 is 5.41 Å². The average molecular weight is 171 g/mol. The second kappa shape index (κ2) is 4.24. The number of hydrogen-bond donors (Lipinski definition) is 1. The van der Waals surface area contributed by atoms with Gasteiger partial charge in [0.15, 0.2) is 0 Å². The Labute approximate surface area is 73.5 Å². The van der Waals surface area contributed by atoms with E-state index >= 15 is 0 Å². The van der Waals surface area contributed by atoms with Crippen LogP contribution in [0.25, 0.3) is 0 Å². The Balaban J connectivity index is 4.15. The van der Waals surface area contributed by atoms with Crippen molar-refractivity contribution in [2.45, 2.75) is 34.1 Å². The third-order valence-corrected chi connectivity index (χ3v) is 2.36. The molecule has 1 unspecified atom stereocenters. The predicted octanol–water partition coefficient (Wildman–Crippen LogP) is 1.13. The zero-order chi connectivity index (χ0) is 9.78. The van der Waals surface area contributed by atoms with Crippen molar-refractivity contribution in [2.24, 2.45) is 5.41 Å². The lowest BCUT2D eigenvalue weighted by molar-refractivity contribution is -0.126. The topological polar surface area (TPSA) is 46.2 Å². The van der Waals surface area contributed by atoms with Gasteiger partial charge in [0.1, 0.15) is 5.78 Å². The molecular formula is C9H17NO2. The molecule has 1 N–H and O–H groups in total. The van der Waals surface area contributed by atoms with Gasteiger partial charge in [0, 0.05) is 18.9 Å². The Morgan fingerprint density at radius 2 is 1.83 bits per heavy atom. The van der Waals surface area contributed by atoms with E-state index in [0.29, 0.717) is 6.54 Å². The molecule has 70 valence electrons. The van der Waals surface area contributed by atoms with Gasteiger partial charge in [0.05, 0.1) is 0 Å². The maximum atomic E-state index is 11.2. The van der Waals surface area contributed by atoms with Crippen molar-refractivity contribution in [2.75, 3.05) is 6.54 Å². The molecule has 3 heteroatoms. The third kappa shape index (κ3) is 3.03. The van der Waals surface area contributed by atoms with Crippen LogP contribution in [-0.2, 0) is 9.59 Å². The van der Waals surface area contributed by atoms with Crippen LogP contribution in [0.5, 0.6) is 0 Å². The number of amides is 1. The molecule has 0 saturated heterocycles. The van der Waals surface area contributed by atoms with Crippen LogP contribution < -0.4 is 5.32 Å². The molecule has 1 amide bonds. The second-order valence-electron chi connectivity index (χ2n) is 3.38. The summed E-state index contributed by atoms with van der Waals surface area (Å²) in [6.07, 6.45) is 0.753. The summed E-state index contributed by atoms with van der Waals surface area (Å²) in [7, 11) is 0. The zero-order valence-corrected chi connectivity index (χ0v) is 8.23. The van der Waals surface area contributed by atoms with E-state index in [4.69, 9.17) is 0 Å². The number of hydrogen-bond acceptors (Lipinski definition) is 2. The lowest BCUT2D eigenvalue weighted by Gasteiger charge is -2.24. The van der Waals surface area contributed by atoms with E-state index in [9.17, 15) is 9.59 Å². The third-order valence-electron chi connectivity index (χ3n) is 2.36. The first-order valence-corrected chi connectivity index (χ1v) is 4.18. The van der Waals surface area contributed by atoms with E-state index in [-0.39, 0.29) is 11.7 Å². The van der Waals surface area contributed by atoms with Gasteiger partial charge in [0.25, 0.3) is 0 Å². The Kier molecular flexibility index (Phi) is 3.93. The van der Waals surface area contributed by atoms with E-state index in [1.54, 1.807) is 6.92 Å². The molecule has 0 spiro atoms. The normalized spacial score (nSPS) is 15.0. The molecule has 3 nitrogen and oxygen atoms in total. The van der Waals surface area contributed by atoms with Crippen LogP contribution in [0.4, 0.5) is 0 Å². The highest BCUT2D eigenvalue weighted by Crippen LogP contribution is 2.20. The lowest BCUT2D eigenvalue weighted by Crippen LogP contribution is -2.38. The first-order valence-electron chi connectivity index (χ1n) is 4.18. The molecule has 0 saturated carbocycles. The number of carbonyl (C=O) groups excluding carboxylic acids is 2. The number of Topliss-reactive ketones (excluding diaryl/α,β-unsaturated/α-hetero) is 1. The highest BCUT2D eigenvalue weighted by molar-refractivity contribution is 5.83.